The number of hydrogen-bond donors (Lipinski definition) is 1. The molecule has 0 amide bonds. The Morgan fingerprint density at radius 3 is 2.78 bits per heavy atom. The van der Waals surface area contributed by atoms with Gasteiger partial charge in [0, 0.05) is 42.6 Å². The fourth-order valence-corrected chi connectivity index (χ4v) is 3.89. The van der Waals surface area contributed by atoms with Crippen LogP contribution in [0.2, 0.25) is 0 Å². The third kappa shape index (κ3) is 3.38. The van der Waals surface area contributed by atoms with Gasteiger partial charge in [0.25, 0.3) is 0 Å². The first-order valence-corrected chi connectivity index (χ1v) is 9.45. The van der Waals surface area contributed by atoms with Crippen LogP contribution in [0.4, 0.5) is 5.82 Å². The summed E-state index contributed by atoms with van der Waals surface area (Å²) in [6.45, 7) is 3.17. The molecular weight excluding hydrogens is 338 g/mol. The maximum atomic E-state index is 9.46. The maximum absolute atomic E-state index is 9.46. The standard InChI is InChI=1S/C21H23N5O/c1-15-12-21(25-10-3-2-4-18(25)9-11-27)26-20(23-15)13-19(24-26)17-7-5-16(14-22)6-8-17/h5-8,12-13,18,27H,2-4,9-11H2,1H3. The second-order valence-electron chi connectivity index (χ2n) is 7.10. The van der Waals surface area contributed by atoms with Gasteiger partial charge in [0.05, 0.1) is 17.3 Å². The summed E-state index contributed by atoms with van der Waals surface area (Å²) in [5.41, 5.74) is 4.22. The molecule has 138 valence electrons. The number of benzene rings is 1. The van der Waals surface area contributed by atoms with E-state index >= 15 is 0 Å². The SMILES string of the molecule is Cc1cc(N2CCCCC2CCO)n2nc(-c3ccc(C#N)cc3)cc2n1. The summed E-state index contributed by atoms with van der Waals surface area (Å²) < 4.78 is 1.91. The first kappa shape index (κ1) is 17.5. The molecule has 1 atom stereocenters. The van der Waals surface area contributed by atoms with Gasteiger partial charge in [-0.1, -0.05) is 12.1 Å². The van der Waals surface area contributed by atoms with Crippen molar-refractivity contribution in [3.63, 3.8) is 0 Å². The van der Waals surface area contributed by atoms with E-state index < -0.39 is 0 Å². The summed E-state index contributed by atoms with van der Waals surface area (Å²) in [5.74, 6) is 1.04. The monoisotopic (exact) mass is 361 g/mol. The molecule has 0 bridgehead atoms. The van der Waals surface area contributed by atoms with Crippen molar-refractivity contribution in [2.24, 2.45) is 0 Å². The van der Waals surface area contributed by atoms with E-state index in [0.29, 0.717) is 11.6 Å². The lowest BCUT2D eigenvalue weighted by molar-refractivity contribution is 0.262. The quantitative estimate of drug-likeness (QED) is 0.771. The lowest BCUT2D eigenvalue weighted by atomic mass is 9.99. The van der Waals surface area contributed by atoms with Gasteiger partial charge in [-0.2, -0.15) is 14.9 Å². The number of nitriles is 1. The van der Waals surface area contributed by atoms with Crippen LogP contribution < -0.4 is 4.90 Å². The summed E-state index contributed by atoms with van der Waals surface area (Å²) in [4.78, 5) is 7.03. The van der Waals surface area contributed by atoms with E-state index in [-0.39, 0.29) is 6.61 Å². The molecule has 1 aliphatic heterocycles. The van der Waals surface area contributed by atoms with Crippen LogP contribution in [0.5, 0.6) is 0 Å². The number of nitrogens with zero attached hydrogens (tertiary/aromatic N) is 5. The summed E-state index contributed by atoms with van der Waals surface area (Å²) in [5, 5.41) is 23.3. The molecule has 1 saturated heterocycles. The molecule has 2 aromatic heterocycles. The van der Waals surface area contributed by atoms with Gasteiger partial charge in [0.15, 0.2) is 5.65 Å². The minimum Gasteiger partial charge on any atom is -0.396 e. The fraction of sp³-hybridized carbons (Fsp3) is 0.381. The van der Waals surface area contributed by atoms with Crippen molar-refractivity contribution in [1.29, 1.82) is 5.26 Å². The largest absolute Gasteiger partial charge is 0.396 e. The Kier molecular flexibility index (Phi) is 4.78. The highest BCUT2D eigenvalue weighted by molar-refractivity contribution is 5.66. The van der Waals surface area contributed by atoms with Gasteiger partial charge in [-0.25, -0.2) is 4.98 Å². The summed E-state index contributed by atoms with van der Waals surface area (Å²) in [6, 6.07) is 14.0. The van der Waals surface area contributed by atoms with Crippen molar-refractivity contribution in [3.8, 4) is 17.3 Å². The number of anilines is 1. The Morgan fingerprint density at radius 1 is 1.22 bits per heavy atom. The highest BCUT2D eigenvalue weighted by atomic mass is 16.3. The Bertz CT molecular complexity index is 984. The fourth-order valence-electron chi connectivity index (χ4n) is 3.89. The molecule has 0 radical (unpaired) electrons. The van der Waals surface area contributed by atoms with Crippen LogP contribution in [-0.2, 0) is 0 Å². The highest BCUT2D eigenvalue weighted by Crippen LogP contribution is 2.29. The molecule has 1 aliphatic rings. The van der Waals surface area contributed by atoms with Gasteiger partial charge >= 0.3 is 0 Å². The van der Waals surface area contributed by atoms with Crippen molar-refractivity contribution < 1.29 is 5.11 Å². The summed E-state index contributed by atoms with van der Waals surface area (Å²) >= 11 is 0. The number of aromatic nitrogens is 3. The van der Waals surface area contributed by atoms with Crippen LogP contribution in [0.15, 0.2) is 36.4 Å². The third-order valence-electron chi connectivity index (χ3n) is 5.23. The molecule has 1 N–H and O–H groups in total. The molecule has 0 aliphatic carbocycles. The highest BCUT2D eigenvalue weighted by Gasteiger charge is 2.25. The van der Waals surface area contributed by atoms with E-state index in [4.69, 9.17) is 10.4 Å². The number of aliphatic hydroxyl groups is 1. The number of aliphatic hydroxyl groups excluding tert-OH is 1. The molecule has 1 fully saturated rings. The van der Waals surface area contributed by atoms with Crippen molar-refractivity contribution in [3.05, 3.63) is 47.7 Å². The van der Waals surface area contributed by atoms with Crippen LogP contribution in [0.1, 0.15) is 36.9 Å². The van der Waals surface area contributed by atoms with E-state index in [2.05, 4.69) is 22.0 Å². The van der Waals surface area contributed by atoms with E-state index in [9.17, 15) is 5.11 Å². The Balaban J connectivity index is 1.79. The zero-order valence-electron chi connectivity index (χ0n) is 15.5. The Labute approximate surface area is 158 Å². The van der Waals surface area contributed by atoms with Crippen LogP contribution in [0, 0.1) is 18.3 Å². The van der Waals surface area contributed by atoms with Crippen LogP contribution >= 0.6 is 0 Å². The van der Waals surface area contributed by atoms with Gasteiger partial charge in [0.2, 0.25) is 0 Å². The molecule has 3 aromatic rings. The molecule has 6 nitrogen and oxygen atoms in total. The molecule has 1 aromatic carbocycles. The first-order valence-electron chi connectivity index (χ1n) is 9.45. The smallest absolute Gasteiger partial charge is 0.158 e. The van der Waals surface area contributed by atoms with E-state index in [1.165, 1.54) is 6.42 Å². The number of fused-ring (bicyclic) bond motifs is 1. The number of piperidine rings is 1. The van der Waals surface area contributed by atoms with Gasteiger partial charge in [-0.05, 0) is 44.7 Å². The minimum atomic E-state index is 0.198. The van der Waals surface area contributed by atoms with Crippen molar-refractivity contribution in [1.82, 2.24) is 14.6 Å². The summed E-state index contributed by atoms with van der Waals surface area (Å²) in [6.07, 6.45) is 4.21. The lowest BCUT2D eigenvalue weighted by Crippen LogP contribution is -2.41. The van der Waals surface area contributed by atoms with Gasteiger partial charge in [-0.3, -0.25) is 0 Å². The molecule has 3 heterocycles. The third-order valence-corrected chi connectivity index (χ3v) is 5.23. The van der Waals surface area contributed by atoms with Gasteiger partial charge in [0.1, 0.15) is 5.82 Å². The zero-order chi connectivity index (χ0) is 18.8. The average molecular weight is 361 g/mol. The number of aryl methyl sites for hydroxylation is 1. The second kappa shape index (κ2) is 7.37. The van der Waals surface area contributed by atoms with Crippen LogP contribution in [-0.4, -0.2) is 38.9 Å². The lowest BCUT2D eigenvalue weighted by Gasteiger charge is -2.37. The topological polar surface area (TPSA) is 77.5 Å². The van der Waals surface area contributed by atoms with E-state index in [1.807, 2.05) is 29.6 Å². The van der Waals surface area contributed by atoms with Gasteiger partial charge in [-0.15, -0.1) is 0 Å². The normalized spacial score (nSPS) is 17.2. The van der Waals surface area contributed by atoms with E-state index in [1.54, 1.807) is 12.1 Å². The zero-order valence-corrected chi connectivity index (χ0v) is 15.5. The molecule has 0 saturated carbocycles. The van der Waals surface area contributed by atoms with E-state index in [0.717, 1.165) is 54.2 Å². The predicted octanol–water partition coefficient (Wildman–Crippen LogP) is 3.32. The number of rotatable bonds is 4. The summed E-state index contributed by atoms with van der Waals surface area (Å²) in [7, 11) is 0. The molecule has 1 unspecified atom stereocenters. The van der Waals surface area contributed by atoms with Crippen molar-refractivity contribution in [2.75, 3.05) is 18.1 Å². The van der Waals surface area contributed by atoms with Crippen LogP contribution in [0.3, 0.4) is 0 Å². The first-order chi connectivity index (χ1) is 13.2. The maximum Gasteiger partial charge on any atom is 0.158 e. The molecule has 4 rings (SSSR count). The Morgan fingerprint density at radius 2 is 2.04 bits per heavy atom. The molecule has 6 heteroatoms. The van der Waals surface area contributed by atoms with Crippen molar-refractivity contribution in [2.45, 2.75) is 38.6 Å². The predicted molar refractivity (Wildman–Crippen MR) is 105 cm³/mol. The van der Waals surface area contributed by atoms with Crippen LogP contribution in [0.25, 0.3) is 16.9 Å². The van der Waals surface area contributed by atoms with Crippen molar-refractivity contribution >= 4 is 11.5 Å². The second-order valence-corrected chi connectivity index (χ2v) is 7.10. The number of hydrogen-bond acceptors (Lipinski definition) is 5. The molecule has 0 spiro atoms. The molecule has 27 heavy (non-hydrogen) atoms. The Hall–Kier alpha value is -2.91. The molecular formula is C21H23N5O. The minimum absolute atomic E-state index is 0.198. The van der Waals surface area contributed by atoms with Gasteiger partial charge < -0.3 is 10.0 Å². The average Bonchev–Trinajstić information content (AvgIpc) is 3.12.